The van der Waals surface area contributed by atoms with Gasteiger partial charge in [0.15, 0.2) is 0 Å². The number of rotatable bonds is 4. The molecular formula is C26H27FN2. The molecule has 0 spiro atoms. The van der Waals surface area contributed by atoms with Crippen molar-refractivity contribution < 1.29 is 4.39 Å². The van der Waals surface area contributed by atoms with Crippen molar-refractivity contribution >= 4 is 6.08 Å². The van der Waals surface area contributed by atoms with Gasteiger partial charge >= 0.3 is 0 Å². The molecule has 2 nitrogen and oxygen atoms in total. The molecule has 0 radical (unpaired) electrons. The Kier molecular flexibility index (Phi) is 4.61. The van der Waals surface area contributed by atoms with Crippen molar-refractivity contribution in [1.29, 1.82) is 0 Å². The molecule has 2 aromatic carbocycles. The summed E-state index contributed by atoms with van der Waals surface area (Å²) in [6.45, 7) is 2.46. The Morgan fingerprint density at radius 2 is 1.90 bits per heavy atom. The van der Waals surface area contributed by atoms with Crippen LogP contribution in [0.3, 0.4) is 0 Å². The number of hydrogen-bond donors (Lipinski definition) is 0. The number of nitrogens with zero attached hydrogens (tertiary/aromatic N) is 2. The van der Waals surface area contributed by atoms with E-state index in [2.05, 4.69) is 48.4 Å². The maximum atomic E-state index is 13.3. The Morgan fingerprint density at radius 3 is 2.69 bits per heavy atom. The molecule has 1 aromatic heterocycles. The predicted octanol–water partition coefficient (Wildman–Crippen LogP) is 6.39. The summed E-state index contributed by atoms with van der Waals surface area (Å²) < 4.78 is 15.3. The fourth-order valence-corrected chi connectivity index (χ4v) is 5.38. The second kappa shape index (κ2) is 7.29. The zero-order valence-electron chi connectivity index (χ0n) is 16.9. The van der Waals surface area contributed by atoms with Crippen LogP contribution in [0, 0.1) is 17.2 Å². The lowest BCUT2D eigenvalue weighted by atomic mass is 9.58. The lowest BCUT2D eigenvalue weighted by Crippen LogP contribution is -2.37. The first-order chi connectivity index (χ1) is 14.1. The van der Waals surface area contributed by atoms with E-state index < -0.39 is 0 Å². The summed E-state index contributed by atoms with van der Waals surface area (Å²) in [5, 5.41) is 4.65. The van der Waals surface area contributed by atoms with Gasteiger partial charge in [-0.15, -0.1) is 0 Å². The lowest BCUT2D eigenvalue weighted by Gasteiger charge is -2.46. The molecule has 0 bridgehead atoms. The molecule has 3 heteroatoms. The standard InChI is InChI=1S/C26H27FN2/c1-26-17-20-18-28-29(24-14-12-23(27)13-15-24)25(20)16-22(26)9-5-8-21(26)11-10-19-6-3-2-4-7-19/h2-4,6-7,12-16,18,21H,5,8-11,17H2,1H3/t21-,26-/m1/s1. The maximum Gasteiger partial charge on any atom is 0.123 e. The van der Waals surface area contributed by atoms with Crippen molar-refractivity contribution in [3.05, 3.63) is 89.0 Å². The molecule has 0 N–H and O–H groups in total. The smallest absolute Gasteiger partial charge is 0.123 e. The molecule has 0 amide bonds. The van der Waals surface area contributed by atoms with E-state index in [-0.39, 0.29) is 11.2 Å². The average Bonchev–Trinajstić information content (AvgIpc) is 3.14. The van der Waals surface area contributed by atoms with E-state index in [0.717, 1.165) is 18.5 Å². The van der Waals surface area contributed by atoms with Crippen LogP contribution in [0.25, 0.3) is 11.8 Å². The number of halogens is 1. The van der Waals surface area contributed by atoms with E-state index in [9.17, 15) is 4.39 Å². The van der Waals surface area contributed by atoms with Gasteiger partial charge in [-0.3, -0.25) is 0 Å². The van der Waals surface area contributed by atoms with Gasteiger partial charge < -0.3 is 0 Å². The molecule has 0 unspecified atom stereocenters. The van der Waals surface area contributed by atoms with Gasteiger partial charge in [0.1, 0.15) is 5.82 Å². The molecule has 2 atom stereocenters. The van der Waals surface area contributed by atoms with Crippen LogP contribution in [0.1, 0.15) is 49.4 Å². The van der Waals surface area contributed by atoms with Crippen molar-refractivity contribution in [2.24, 2.45) is 11.3 Å². The van der Waals surface area contributed by atoms with Gasteiger partial charge in [0.05, 0.1) is 17.6 Å². The predicted molar refractivity (Wildman–Crippen MR) is 115 cm³/mol. The fourth-order valence-electron chi connectivity index (χ4n) is 5.38. The number of benzene rings is 2. The molecule has 148 valence electrons. The zero-order chi connectivity index (χ0) is 19.8. The highest BCUT2D eigenvalue weighted by Gasteiger charge is 2.42. The summed E-state index contributed by atoms with van der Waals surface area (Å²) in [6.07, 6.45) is 11.6. The Hall–Kier alpha value is -2.68. The van der Waals surface area contributed by atoms with Gasteiger partial charge in [-0.2, -0.15) is 5.10 Å². The van der Waals surface area contributed by atoms with E-state index in [4.69, 9.17) is 0 Å². The van der Waals surface area contributed by atoms with Crippen LogP contribution in [0.15, 0.2) is 66.4 Å². The molecule has 0 aliphatic heterocycles. The van der Waals surface area contributed by atoms with Crippen LogP contribution in [0.4, 0.5) is 4.39 Å². The Balaban J connectivity index is 1.43. The normalized spacial score (nSPS) is 23.2. The fraction of sp³-hybridized carbons (Fsp3) is 0.346. The van der Waals surface area contributed by atoms with Gasteiger partial charge in [-0.1, -0.05) is 42.8 Å². The van der Waals surface area contributed by atoms with Crippen LogP contribution >= 0.6 is 0 Å². The third kappa shape index (κ3) is 3.33. The summed E-state index contributed by atoms with van der Waals surface area (Å²) >= 11 is 0. The van der Waals surface area contributed by atoms with E-state index in [0.29, 0.717) is 5.92 Å². The van der Waals surface area contributed by atoms with E-state index in [1.807, 2.05) is 10.9 Å². The molecule has 1 heterocycles. The van der Waals surface area contributed by atoms with Gasteiger partial charge in [-0.25, -0.2) is 9.07 Å². The second-order valence-electron chi connectivity index (χ2n) is 8.82. The average molecular weight is 387 g/mol. The minimum atomic E-state index is -0.214. The summed E-state index contributed by atoms with van der Waals surface area (Å²) in [5.74, 6) is 0.485. The SMILES string of the molecule is C[C@]12Cc3cnn(-c4ccc(F)cc4)c3C=C1CCC[C@@H]2CCc1ccccc1. The molecule has 0 saturated heterocycles. The highest BCUT2D eigenvalue weighted by atomic mass is 19.1. The van der Waals surface area contributed by atoms with Crippen LogP contribution in [-0.4, -0.2) is 9.78 Å². The third-order valence-electron chi connectivity index (χ3n) is 7.08. The molecule has 3 aromatic rings. The molecule has 1 fully saturated rings. The summed E-state index contributed by atoms with van der Waals surface area (Å²) in [7, 11) is 0. The Morgan fingerprint density at radius 1 is 1.10 bits per heavy atom. The van der Waals surface area contributed by atoms with Crippen molar-refractivity contribution in [2.75, 3.05) is 0 Å². The van der Waals surface area contributed by atoms with Gasteiger partial charge in [-0.05, 0) is 91.3 Å². The van der Waals surface area contributed by atoms with E-state index >= 15 is 0 Å². The molecular weight excluding hydrogens is 359 g/mol. The Bertz CT molecular complexity index is 1030. The minimum Gasteiger partial charge on any atom is -0.233 e. The summed E-state index contributed by atoms with van der Waals surface area (Å²) in [6, 6.07) is 17.5. The van der Waals surface area contributed by atoms with Crippen LogP contribution in [0.2, 0.25) is 0 Å². The van der Waals surface area contributed by atoms with Crippen LogP contribution < -0.4 is 0 Å². The van der Waals surface area contributed by atoms with Gasteiger partial charge in [0.25, 0.3) is 0 Å². The van der Waals surface area contributed by atoms with Crippen LogP contribution in [-0.2, 0) is 12.8 Å². The van der Waals surface area contributed by atoms with Crippen LogP contribution in [0.5, 0.6) is 0 Å². The highest BCUT2D eigenvalue weighted by molar-refractivity contribution is 5.61. The lowest BCUT2D eigenvalue weighted by molar-refractivity contribution is 0.170. The molecule has 29 heavy (non-hydrogen) atoms. The number of aromatic nitrogens is 2. The summed E-state index contributed by atoms with van der Waals surface area (Å²) in [5.41, 5.74) is 6.63. The zero-order valence-corrected chi connectivity index (χ0v) is 16.9. The number of allylic oxidation sites excluding steroid dienone is 1. The van der Waals surface area contributed by atoms with Crippen molar-refractivity contribution in [1.82, 2.24) is 9.78 Å². The monoisotopic (exact) mass is 386 g/mol. The largest absolute Gasteiger partial charge is 0.233 e. The third-order valence-corrected chi connectivity index (χ3v) is 7.08. The van der Waals surface area contributed by atoms with Gasteiger partial charge in [0.2, 0.25) is 0 Å². The quantitative estimate of drug-likeness (QED) is 0.508. The van der Waals surface area contributed by atoms with E-state index in [1.165, 1.54) is 54.6 Å². The number of fused-ring (bicyclic) bond motifs is 2. The first-order valence-electron chi connectivity index (χ1n) is 10.7. The maximum absolute atomic E-state index is 13.3. The van der Waals surface area contributed by atoms with E-state index in [1.54, 1.807) is 17.7 Å². The van der Waals surface area contributed by atoms with Crippen molar-refractivity contribution in [3.63, 3.8) is 0 Å². The summed E-state index contributed by atoms with van der Waals surface area (Å²) in [4.78, 5) is 0. The number of aryl methyl sites for hydroxylation is 1. The molecule has 1 saturated carbocycles. The van der Waals surface area contributed by atoms with Crippen molar-refractivity contribution in [2.45, 2.75) is 45.4 Å². The first-order valence-corrected chi connectivity index (χ1v) is 10.7. The topological polar surface area (TPSA) is 17.8 Å². The number of hydrogen-bond acceptors (Lipinski definition) is 1. The highest BCUT2D eigenvalue weighted by Crippen LogP contribution is 2.52. The Labute approximate surface area is 172 Å². The first kappa shape index (κ1) is 18.4. The minimum absolute atomic E-state index is 0.214. The molecule has 2 aliphatic carbocycles. The second-order valence-corrected chi connectivity index (χ2v) is 8.82. The van der Waals surface area contributed by atoms with Crippen molar-refractivity contribution in [3.8, 4) is 5.69 Å². The molecule has 2 aliphatic rings. The molecule has 5 rings (SSSR count). The van der Waals surface area contributed by atoms with Gasteiger partial charge in [0, 0.05) is 0 Å².